The molecule has 2 rings (SSSR count). The van der Waals surface area contributed by atoms with E-state index in [1.165, 1.54) is 11.6 Å². The molecule has 124 valence electrons. The van der Waals surface area contributed by atoms with Gasteiger partial charge in [0.1, 0.15) is 5.82 Å². The van der Waals surface area contributed by atoms with Crippen LogP contribution in [-0.2, 0) is 13.0 Å². The van der Waals surface area contributed by atoms with Crippen LogP contribution in [0.15, 0.2) is 36.4 Å². The van der Waals surface area contributed by atoms with Crippen molar-refractivity contribution in [2.45, 2.75) is 39.8 Å². The first-order valence-corrected chi connectivity index (χ1v) is 8.14. The lowest BCUT2D eigenvalue weighted by Crippen LogP contribution is -2.36. The molecule has 0 saturated carbocycles. The molecule has 3 nitrogen and oxygen atoms in total. The minimum absolute atomic E-state index is 0.0254. The van der Waals surface area contributed by atoms with E-state index in [1.807, 2.05) is 32.0 Å². The van der Waals surface area contributed by atoms with E-state index in [0.717, 1.165) is 17.7 Å². The zero-order valence-electron chi connectivity index (χ0n) is 14.0. The summed E-state index contributed by atoms with van der Waals surface area (Å²) in [4.78, 5) is 4.50. The number of aromatic nitrogens is 1. The molecular weight excluding hydrogens is 291 g/mol. The van der Waals surface area contributed by atoms with E-state index in [0.29, 0.717) is 12.2 Å². The molecule has 4 heteroatoms. The highest BCUT2D eigenvalue weighted by Crippen LogP contribution is 2.23. The number of pyridine rings is 1. The van der Waals surface area contributed by atoms with Crippen LogP contribution in [0.5, 0.6) is 0 Å². The van der Waals surface area contributed by atoms with Gasteiger partial charge in [-0.25, -0.2) is 9.37 Å². The van der Waals surface area contributed by atoms with Gasteiger partial charge in [-0.2, -0.15) is 0 Å². The fourth-order valence-electron chi connectivity index (χ4n) is 2.58. The fraction of sp³-hybridized carbons (Fsp3) is 0.421. The highest BCUT2D eigenvalue weighted by Gasteiger charge is 2.14. The van der Waals surface area contributed by atoms with E-state index in [2.05, 4.69) is 23.3 Å². The van der Waals surface area contributed by atoms with Crippen molar-refractivity contribution in [2.75, 3.05) is 6.61 Å². The van der Waals surface area contributed by atoms with Crippen molar-refractivity contribution >= 4 is 0 Å². The number of nitrogens with one attached hydrogen (secondary N) is 1. The van der Waals surface area contributed by atoms with Crippen LogP contribution >= 0.6 is 0 Å². The number of aryl methyl sites for hydroxylation is 1. The van der Waals surface area contributed by atoms with Crippen LogP contribution in [0.4, 0.5) is 4.39 Å². The van der Waals surface area contributed by atoms with Crippen LogP contribution in [0, 0.1) is 11.7 Å². The molecule has 0 aliphatic rings. The molecule has 1 aromatic carbocycles. The van der Waals surface area contributed by atoms with Gasteiger partial charge in [0, 0.05) is 18.2 Å². The fourth-order valence-corrected chi connectivity index (χ4v) is 2.58. The standard InChI is InChI=1S/C19H25FN2O/c1-4-14-7-5-6-8-15(14)17-10-9-16(20)18(22-17)11-21-19(12-23)13(2)3/h5-10,13,19,21,23H,4,11-12H2,1-3H3/t19-/m0/s1. The lowest BCUT2D eigenvalue weighted by Gasteiger charge is -2.20. The summed E-state index contributed by atoms with van der Waals surface area (Å²) in [6, 6.07) is 11.2. The summed E-state index contributed by atoms with van der Waals surface area (Å²) in [6.45, 7) is 6.46. The molecule has 0 radical (unpaired) electrons. The molecule has 1 atom stereocenters. The zero-order valence-corrected chi connectivity index (χ0v) is 14.0. The van der Waals surface area contributed by atoms with Crippen molar-refractivity contribution < 1.29 is 9.50 Å². The Morgan fingerprint density at radius 3 is 2.57 bits per heavy atom. The first kappa shape index (κ1) is 17.6. The third kappa shape index (κ3) is 4.36. The lowest BCUT2D eigenvalue weighted by molar-refractivity contribution is 0.209. The average molecular weight is 316 g/mol. The molecule has 0 aliphatic carbocycles. The second kappa shape index (κ2) is 8.18. The van der Waals surface area contributed by atoms with Crippen LogP contribution in [-0.4, -0.2) is 22.7 Å². The monoisotopic (exact) mass is 316 g/mol. The Hall–Kier alpha value is -1.78. The molecule has 2 aromatic rings. The van der Waals surface area contributed by atoms with Crippen LogP contribution in [0.2, 0.25) is 0 Å². The quantitative estimate of drug-likeness (QED) is 0.821. The molecule has 23 heavy (non-hydrogen) atoms. The summed E-state index contributed by atoms with van der Waals surface area (Å²) < 4.78 is 14.1. The molecule has 1 aromatic heterocycles. The smallest absolute Gasteiger partial charge is 0.146 e. The molecular formula is C19H25FN2O. The highest BCUT2D eigenvalue weighted by atomic mass is 19.1. The van der Waals surface area contributed by atoms with E-state index in [1.54, 1.807) is 6.07 Å². The largest absolute Gasteiger partial charge is 0.395 e. The molecule has 0 saturated heterocycles. The van der Waals surface area contributed by atoms with Crippen molar-refractivity contribution in [3.05, 3.63) is 53.5 Å². The van der Waals surface area contributed by atoms with Crippen molar-refractivity contribution in [3.8, 4) is 11.3 Å². The Bertz CT molecular complexity index is 643. The third-order valence-corrected chi connectivity index (χ3v) is 4.13. The Morgan fingerprint density at radius 1 is 1.17 bits per heavy atom. The van der Waals surface area contributed by atoms with Crippen LogP contribution in [0.3, 0.4) is 0 Å². The van der Waals surface area contributed by atoms with Gasteiger partial charge in [0.05, 0.1) is 18.0 Å². The Morgan fingerprint density at radius 2 is 1.91 bits per heavy atom. The number of rotatable bonds is 7. The Labute approximate surface area is 137 Å². The minimum atomic E-state index is -0.323. The summed E-state index contributed by atoms with van der Waals surface area (Å²) in [7, 11) is 0. The van der Waals surface area contributed by atoms with Gasteiger partial charge in [-0.15, -0.1) is 0 Å². The maximum absolute atomic E-state index is 14.1. The second-order valence-corrected chi connectivity index (χ2v) is 6.05. The average Bonchev–Trinajstić information content (AvgIpc) is 2.56. The molecule has 0 bridgehead atoms. The van der Waals surface area contributed by atoms with Gasteiger partial charge in [0.25, 0.3) is 0 Å². The van der Waals surface area contributed by atoms with Gasteiger partial charge in [-0.05, 0) is 30.0 Å². The number of aliphatic hydroxyl groups excluding tert-OH is 1. The van der Waals surface area contributed by atoms with Gasteiger partial charge in [-0.1, -0.05) is 45.0 Å². The summed E-state index contributed by atoms with van der Waals surface area (Å²) in [5.41, 5.74) is 3.40. The number of benzene rings is 1. The normalized spacial score (nSPS) is 12.6. The van der Waals surface area contributed by atoms with Gasteiger partial charge in [0.2, 0.25) is 0 Å². The maximum atomic E-state index is 14.1. The van der Waals surface area contributed by atoms with E-state index >= 15 is 0 Å². The van der Waals surface area contributed by atoms with E-state index < -0.39 is 0 Å². The van der Waals surface area contributed by atoms with E-state index in [-0.39, 0.29) is 24.4 Å². The highest BCUT2D eigenvalue weighted by molar-refractivity contribution is 5.63. The van der Waals surface area contributed by atoms with Crippen molar-refractivity contribution in [1.82, 2.24) is 10.3 Å². The summed E-state index contributed by atoms with van der Waals surface area (Å²) in [5, 5.41) is 12.5. The number of hydrogen-bond acceptors (Lipinski definition) is 3. The third-order valence-electron chi connectivity index (χ3n) is 4.13. The van der Waals surface area contributed by atoms with Crippen molar-refractivity contribution in [2.24, 2.45) is 5.92 Å². The van der Waals surface area contributed by atoms with E-state index in [4.69, 9.17) is 0 Å². The van der Waals surface area contributed by atoms with Gasteiger partial charge >= 0.3 is 0 Å². The molecule has 0 aliphatic heterocycles. The molecule has 2 N–H and O–H groups in total. The van der Waals surface area contributed by atoms with E-state index in [9.17, 15) is 9.50 Å². The topological polar surface area (TPSA) is 45.1 Å². The van der Waals surface area contributed by atoms with Gasteiger partial charge in [0.15, 0.2) is 0 Å². The van der Waals surface area contributed by atoms with Crippen LogP contribution in [0.1, 0.15) is 32.0 Å². The molecule has 0 fully saturated rings. The maximum Gasteiger partial charge on any atom is 0.146 e. The summed E-state index contributed by atoms with van der Waals surface area (Å²) in [6.07, 6.45) is 0.906. The second-order valence-electron chi connectivity index (χ2n) is 6.05. The Kier molecular flexibility index (Phi) is 6.25. The Balaban J connectivity index is 2.25. The zero-order chi connectivity index (χ0) is 16.8. The first-order chi connectivity index (χ1) is 11.1. The van der Waals surface area contributed by atoms with Crippen LogP contribution < -0.4 is 5.32 Å². The predicted octanol–water partition coefficient (Wildman–Crippen LogP) is 3.56. The molecule has 1 heterocycles. The van der Waals surface area contributed by atoms with Crippen LogP contribution in [0.25, 0.3) is 11.3 Å². The summed E-state index contributed by atoms with van der Waals surface area (Å²) in [5.74, 6) is -0.0530. The molecule has 0 spiro atoms. The number of nitrogens with zero attached hydrogens (tertiary/aromatic N) is 1. The van der Waals surface area contributed by atoms with Gasteiger partial charge in [-0.3, -0.25) is 0 Å². The lowest BCUT2D eigenvalue weighted by atomic mass is 10.0. The minimum Gasteiger partial charge on any atom is -0.395 e. The van der Waals surface area contributed by atoms with Crippen molar-refractivity contribution in [1.29, 1.82) is 0 Å². The molecule has 0 unspecified atom stereocenters. The number of halogens is 1. The number of hydrogen-bond donors (Lipinski definition) is 2. The van der Waals surface area contributed by atoms with Crippen molar-refractivity contribution in [3.63, 3.8) is 0 Å². The number of aliphatic hydroxyl groups is 1. The first-order valence-electron chi connectivity index (χ1n) is 8.14. The predicted molar refractivity (Wildman–Crippen MR) is 91.6 cm³/mol. The molecule has 0 amide bonds. The summed E-state index contributed by atoms with van der Waals surface area (Å²) >= 11 is 0. The van der Waals surface area contributed by atoms with Gasteiger partial charge < -0.3 is 10.4 Å². The SMILES string of the molecule is CCc1ccccc1-c1ccc(F)c(CN[C@@H](CO)C(C)C)n1.